The normalized spacial score (nSPS) is 11.6. The lowest BCUT2D eigenvalue weighted by Crippen LogP contribution is -2.12. The van der Waals surface area contributed by atoms with Gasteiger partial charge < -0.3 is 10.5 Å². The van der Waals surface area contributed by atoms with Crippen molar-refractivity contribution in [1.29, 1.82) is 0 Å². The highest BCUT2D eigenvalue weighted by molar-refractivity contribution is 6.30. The number of benzene rings is 1. The largest absolute Gasteiger partial charge is 0.493 e. The molecule has 0 fully saturated rings. The average molecular weight is 242 g/mol. The second-order valence-corrected chi connectivity index (χ2v) is 5.55. The standard InChI is InChI=1S/C13H20ClNO/c1-13(2,3)6-7-16-12-5-4-11(14)8-10(12)9-15/h4-5,8H,6-7,9,15H2,1-3H3. The molecule has 0 aliphatic carbocycles. The maximum Gasteiger partial charge on any atom is 0.123 e. The summed E-state index contributed by atoms with van der Waals surface area (Å²) >= 11 is 5.89. The van der Waals surface area contributed by atoms with E-state index in [2.05, 4.69) is 20.8 Å². The Hall–Kier alpha value is -0.730. The van der Waals surface area contributed by atoms with E-state index in [9.17, 15) is 0 Å². The second-order valence-electron chi connectivity index (χ2n) is 5.12. The first-order chi connectivity index (χ1) is 7.42. The Labute approximate surface area is 103 Å². The molecule has 16 heavy (non-hydrogen) atoms. The number of rotatable bonds is 4. The predicted octanol–water partition coefficient (Wildman–Crippen LogP) is 3.61. The molecule has 1 aromatic carbocycles. The van der Waals surface area contributed by atoms with Crippen molar-refractivity contribution < 1.29 is 4.74 Å². The highest BCUT2D eigenvalue weighted by atomic mass is 35.5. The fourth-order valence-electron chi connectivity index (χ4n) is 1.32. The topological polar surface area (TPSA) is 35.2 Å². The zero-order chi connectivity index (χ0) is 12.2. The zero-order valence-electron chi connectivity index (χ0n) is 10.2. The van der Waals surface area contributed by atoms with Crippen LogP contribution in [0.25, 0.3) is 0 Å². The molecule has 2 N–H and O–H groups in total. The van der Waals surface area contributed by atoms with Crippen LogP contribution in [-0.2, 0) is 6.54 Å². The average Bonchev–Trinajstić information content (AvgIpc) is 2.18. The van der Waals surface area contributed by atoms with Gasteiger partial charge in [-0.2, -0.15) is 0 Å². The number of hydrogen-bond donors (Lipinski definition) is 1. The van der Waals surface area contributed by atoms with Crippen molar-refractivity contribution in [2.24, 2.45) is 11.1 Å². The van der Waals surface area contributed by atoms with Crippen LogP contribution in [0.4, 0.5) is 0 Å². The zero-order valence-corrected chi connectivity index (χ0v) is 11.0. The monoisotopic (exact) mass is 241 g/mol. The van der Waals surface area contributed by atoms with E-state index in [1.807, 2.05) is 18.2 Å². The molecule has 2 nitrogen and oxygen atoms in total. The van der Waals surface area contributed by atoms with Crippen molar-refractivity contribution in [2.75, 3.05) is 6.61 Å². The molecule has 0 spiro atoms. The van der Waals surface area contributed by atoms with Gasteiger partial charge >= 0.3 is 0 Å². The number of ether oxygens (including phenoxy) is 1. The molecule has 0 amide bonds. The number of hydrogen-bond acceptors (Lipinski definition) is 2. The van der Waals surface area contributed by atoms with E-state index in [0.29, 0.717) is 18.2 Å². The van der Waals surface area contributed by atoms with Crippen LogP contribution in [-0.4, -0.2) is 6.61 Å². The Bertz CT molecular complexity index is 344. The summed E-state index contributed by atoms with van der Waals surface area (Å²) < 4.78 is 5.72. The van der Waals surface area contributed by atoms with Gasteiger partial charge in [0.1, 0.15) is 5.75 Å². The highest BCUT2D eigenvalue weighted by Crippen LogP contribution is 2.24. The van der Waals surface area contributed by atoms with Gasteiger partial charge in [-0.15, -0.1) is 0 Å². The summed E-state index contributed by atoms with van der Waals surface area (Å²) in [6, 6.07) is 5.56. The van der Waals surface area contributed by atoms with Crippen LogP contribution >= 0.6 is 11.6 Å². The smallest absolute Gasteiger partial charge is 0.123 e. The van der Waals surface area contributed by atoms with Crippen LogP contribution < -0.4 is 10.5 Å². The molecule has 0 radical (unpaired) electrons. The van der Waals surface area contributed by atoms with Crippen LogP contribution in [0.5, 0.6) is 5.75 Å². The Morgan fingerprint density at radius 1 is 1.31 bits per heavy atom. The Morgan fingerprint density at radius 3 is 2.56 bits per heavy atom. The van der Waals surface area contributed by atoms with E-state index in [1.54, 1.807) is 0 Å². The van der Waals surface area contributed by atoms with Crippen molar-refractivity contribution in [3.63, 3.8) is 0 Å². The first-order valence-corrected chi connectivity index (χ1v) is 5.91. The van der Waals surface area contributed by atoms with Crippen molar-refractivity contribution in [3.05, 3.63) is 28.8 Å². The van der Waals surface area contributed by atoms with Gasteiger partial charge in [0.25, 0.3) is 0 Å². The molecule has 0 heterocycles. The fraction of sp³-hybridized carbons (Fsp3) is 0.538. The Balaban J connectivity index is 2.60. The Kier molecular flexibility index (Phi) is 4.63. The van der Waals surface area contributed by atoms with Gasteiger partial charge in [-0.3, -0.25) is 0 Å². The predicted molar refractivity (Wildman–Crippen MR) is 68.9 cm³/mol. The number of halogens is 1. The van der Waals surface area contributed by atoms with Gasteiger partial charge in [0.2, 0.25) is 0 Å². The Morgan fingerprint density at radius 2 is 2.00 bits per heavy atom. The molecule has 0 aromatic heterocycles. The van der Waals surface area contributed by atoms with Crippen molar-refractivity contribution in [3.8, 4) is 5.75 Å². The molecular weight excluding hydrogens is 222 g/mol. The van der Waals surface area contributed by atoms with Gasteiger partial charge in [0, 0.05) is 17.1 Å². The maximum atomic E-state index is 5.89. The van der Waals surface area contributed by atoms with Crippen LogP contribution in [0.15, 0.2) is 18.2 Å². The molecule has 0 saturated heterocycles. The molecule has 0 atom stereocenters. The summed E-state index contributed by atoms with van der Waals surface area (Å²) in [5.74, 6) is 0.844. The van der Waals surface area contributed by atoms with Gasteiger partial charge in [0.15, 0.2) is 0 Å². The summed E-state index contributed by atoms with van der Waals surface area (Å²) in [5, 5.41) is 0.698. The van der Waals surface area contributed by atoms with Crippen molar-refractivity contribution in [2.45, 2.75) is 33.7 Å². The van der Waals surface area contributed by atoms with Crippen LogP contribution in [0.1, 0.15) is 32.8 Å². The van der Waals surface area contributed by atoms with E-state index >= 15 is 0 Å². The lowest BCUT2D eigenvalue weighted by Gasteiger charge is -2.19. The molecule has 90 valence electrons. The summed E-state index contributed by atoms with van der Waals surface area (Å²) in [6.45, 7) is 7.75. The quantitative estimate of drug-likeness (QED) is 0.874. The summed E-state index contributed by atoms with van der Waals surface area (Å²) in [6.07, 6.45) is 1.01. The van der Waals surface area contributed by atoms with Gasteiger partial charge in [0.05, 0.1) is 6.61 Å². The second kappa shape index (κ2) is 5.55. The molecule has 0 aliphatic heterocycles. The first-order valence-electron chi connectivity index (χ1n) is 5.54. The SMILES string of the molecule is CC(C)(C)CCOc1ccc(Cl)cc1CN. The van der Waals surface area contributed by atoms with Crippen molar-refractivity contribution in [1.82, 2.24) is 0 Å². The maximum absolute atomic E-state index is 5.89. The van der Waals surface area contributed by atoms with Gasteiger partial charge in [-0.25, -0.2) is 0 Å². The summed E-state index contributed by atoms with van der Waals surface area (Å²) in [5.41, 5.74) is 6.89. The number of nitrogens with two attached hydrogens (primary N) is 1. The molecule has 0 unspecified atom stereocenters. The van der Waals surface area contributed by atoms with Crippen LogP contribution in [0.2, 0.25) is 5.02 Å². The lowest BCUT2D eigenvalue weighted by atomic mass is 9.93. The third kappa shape index (κ3) is 4.42. The van der Waals surface area contributed by atoms with E-state index < -0.39 is 0 Å². The van der Waals surface area contributed by atoms with E-state index in [0.717, 1.165) is 17.7 Å². The minimum atomic E-state index is 0.287. The summed E-state index contributed by atoms with van der Waals surface area (Å²) in [4.78, 5) is 0. The van der Waals surface area contributed by atoms with E-state index in [-0.39, 0.29) is 5.41 Å². The molecule has 1 rings (SSSR count). The lowest BCUT2D eigenvalue weighted by molar-refractivity contribution is 0.241. The molecular formula is C13H20ClNO. The van der Waals surface area contributed by atoms with E-state index in [4.69, 9.17) is 22.1 Å². The van der Waals surface area contributed by atoms with Crippen molar-refractivity contribution >= 4 is 11.6 Å². The third-order valence-electron chi connectivity index (χ3n) is 2.35. The molecule has 0 bridgehead atoms. The molecule has 1 aromatic rings. The minimum Gasteiger partial charge on any atom is -0.493 e. The van der Waals surface area contributed by atoms with Gasteiger partial charge in [-0.1, -0.05) is 32.4 Å². The molecule has 3 heteroatoms. The van der Waals surface area contributed by atoms with E-state index in [1.165, 1.54) is 0 Å². The van der Waals surface area contributed by atoms with Crippen LogP contribution in [0.3, 0.4) is 0 Å². The molecule has 0 aliphatic rings. The van der Waals surface area contributed by atoms with Gasteiger partial charge in [-0.05, 0) is 30.0 Å². The third-order valence-corrected chi connectivity index (χ3v) is 2.59. The van der Waals surface area contributed by atoms with Crippen LogP contribution in [0, 0.1) is 5.41 Å². The molecule has 0 saturated carbocycles. The highest BCUT2D eigenvalue weighted by Gasteiger charge is 2.10. The minimum absolute atomic E-state index is 0.287. The summed E-state index contributed by atoms with van der Waals surface area (Å²) in [7, 11) is 0. The first kappa shape index (κ1) is 13.3. The fourth-order valence-corrected chi connectivity index (χ4v) is 1.51.